The lowest BCUT2D eigenvalue weighted by Gasteiger charge is -2.21. The first-order chi connectivity index (χ1) is 15.0. The molecule has 0 bridgehead atoms. The third-order valence-electron chi connectivity index (χ3n) is 6.15. The van der Waals surface area contributed by atoms with Crippen molar-refractivity contribution in [2.75, 3.05) is 18.9 Å². The molecule has 1 aliphatic heterocycles. The Kier molecular flexibility index (Phi) is 6.76. The Balaban J connectivity index is 1.63. The summed E-state index contributed by atoms with van der Waals surface area (Å²) in [5.74, 6) is 0.880. The third kappa shape index (κ3) is 4.69. The number of hydrogen-bond donors (Lipinski definition) is 1. The minimum atomic E-state index is -0.435. The summed E-state index contributed by atoms with van der Waals surface area (Å²) in [7, 11) is 3.06. The topological polar surface area (TPSA) is 108 Å². The van der Waals surface area contributed by atoms with Gasteiger partial charge in [0.2, 0.25) is 5.91 Å². The Bertz CT molecular complexity index is 1080. The number of rotatable bonds is 6. The highest BCUT2D eigenvalue weighted by Crippen LogP contribution is 2.33. The standard InChI is InChI=1S/C21H29N5O4S/c1-25-18-16(20(28)26(2)21(25)29)19(24-17(23-18)13-7-4-3-5-8-13)31-12-15(27)22-11-14-9-6-10-30-14/h13-14H,3-12H2,1-2H3,(H,22,27)/t14-/m1/s1. The quantitative estimate of drug-likeness (QED) is 0.528. The van der Waals surface area contributed by atoms with Gasteiger partial charge in [0.1, 0.15) is 16.2 Å². The van der Waals surface area contributed by atoms with Crippen molar-refractivity contribution in [3.05, 3.63) is 26.7 Å². The molecule has 1 amide bonds. The first-order valence-electron chi connectivity index (χ1n) is 10.9. The molecule has 9 nitrogen and oxygen atoms in total. The monoisotopic (exact) mass is 447 g/mol. The second-order valence-electron chi connectivity index (χ2n) is 8.35. The lowest BCUT2D eigenvalue weighted by molar-refractivity contribution is -0.119. The second-order valence-corrected chi connectivity index (χ2v) is 9.32. The van der Waals surface area contributed by atoms with Crippen molar-refractivity contribution in [1.82, 2.24) is 24.4 Å². The number of nitrogens with one attached hydrogen (secondary N) is 1. The number of aryl methyl sites for hydroxylation is 1. The number of fused-ring (bicyclic) bond motifs is 1. The summed E-state index contributed by atoms with van der Waals surface area (Å²) in [5.41, 5.74) is -0.516. The first-order valence-corrected chi connectivity index (χ1v) is 11.9. The Labute approximate surface area is 184 Å². The van der Waals surface area contributed by atoms with Crippen LogP contribution in [0.1, 0.15) is 56.7 Å². The van der Waals surface area contributed by atoms with Gasteiger partial charge in [-0.25, -0.2) is 14.8 Å². The van der Waals surface area contributed by atoms with Gasteiger partial charge in [-0.3, -0.25) is 18.7 Å². The number of thioether (sulfide) groups is 1. The van der Waals surface area contributed by atoms with E-state index in [4.69, 9.17) is 9.72 Å². The van der Waals surface area contributed by atoms with E-state index in [0.29, 0.717) is 28.4 Å². The average molecular weight is 448 g/mol. The van der Waals surface area contributed by atoms with Crippen molar-refractivity contribution in [1.29, 1.82) is 0 Å². The number of hydrogen-bond acceptors (Lipinski definition) is 7. The van der Waals surface area contributed by atoms with E-state index in [1.165, 1.54) is 29.8 Å². The van der Waals surface area contributed by atoms with Gasteiger partial charge in [0.25, 0.3) is 5.56 Å². The molecule has 10 heteroatoms. The molecule has 3 heterocycles. The van der Waals surface area contributed by atoms with Crippen LogP contribution in [0.3, 0.4) is 0 Å². The lowest BCUT2D eigenvalue weighted by atomic mass is 9.89. The van der Waals surface area contributed by atoms with Crippen LogP contribution >= 0.6 is 11.8 Å². The molecule has 1 saturated heterocycles. The van der Waals surface area contributed by atoms with Crippen LogP contribution < -0.4 is 16.6 Å². The molecule has 2 aromatic rings. The summed E-state index contributed by atoms with van der Waals surface area (Å²) >= 11 is 1.22. The van der Waals surface area contributed by atoms with Crippen molar-refractivity contribution in [2.45, 2.75) is 62.0 Å². The summed E-state index contributed by atoms with van der Waals surface area (Å²) in [6.07, 6.45) is 7.49. The fourth-order valence-electron chi connectivity index (χ4n) is 4.31. The van der Waals surface area contributed by atoms with Crippen molar-refractivity contribution in [3.63, 3.8) is 0 Å². The molecule has 0 unspecified atom stereocenters. The van der Waals surface area contributed by atoms with Gasteiger partial charge in [-0.05, 0) is 25.7 Å². The van der Waals surface area contributed by atoms with Crippen LogP contribution in [0.5, 0.6) is 0 Å². The highest BCUT2D eigenvalue weighted by atomic mass is 32.2. The Morgan fingerprint density at radius 2 is 1.87 bits per heavy atom. The first kappa shape index (κ1) is 22.0. The van der Waals surface area contributed by atoms with E-state index in [0.717, 1.165) is 49.7 Å². The van der Waals surface area contributed by atoms with Gasteiger partial charge in [-0.1, -0.05) is 31.0 Å². The molecule has 168 valence electrons. The molecule has 0 radical (unpaired) electrons. The Hall–Kier alpha value is -2.20. The van der Waals surface area contributed by atoms with E-state index < -0.39 is 11.2 Å². The molecule has 2 fully saturated rings. The molecular formula is C21H29N5O4S. The van der Waals surface area contributed by atoms with Gasteiger partial charge >= 0.3 is 5.69 Å². The Morgan fingerprint density at radius 1 is 1.10 bits per heavy atom. The second kappa shape index (κ2) is 9.52. The maximum absolute atomic E-state index is 12.9. The molecule has 0 aromatic carbocycles. The predicted molar refractivity (Wildman–Crippen MR) is 119 cm³/mol. The van der Waals surface area contributed by atoms with Crippen LogP contribution in [0.15, 0.2) is 14.6 Å². The van der Waals surface area contributed by atoms with E-state index in [1.54, 1.807) is 7.05 Å². The van der Waals surface area contributed by atoms with Crippen molar-refractivity contribution >= 4 is 28.7 Å². The fourth-order valence-corrected chi connectivity index (χ4v) is 5.16. The summed E-state index contributed by atoms with van der Waals surface area (Å²) in [6.45, 7) is 1.24. The highest BCUT2D eigenvalue weighted by Gasteiger charge is 2.24. The van der Waals surface area contributed by atoms with Gasteiger partial charge in [0, 0.05) is 33.2 Å². The molecule has 2 aromatic heterocycles. The number of aromatic nitrogens is 4. The van der Waals surface area contributed by atoms with Gasteiger partial charge < -0.3 is 10.1 Å². The molecular weight excluding hydrogens is 418 g/mol. The molecule has 1 N–H and O–H groups in total. The average Bonchev–Trinajstić information content (AvgIpc) is 3.32. The zero-order chi connectivity index (χ0) is 22.0. The van der Waals surface area contributed by atoms with Crippen molar-refractivity contribution in [2.24, 2.45) is 14.1 Å². The largest absolute Gasteiger partial charge is 0.376 e. The van der Waals surface area contributed by atoms with Crippen molar-refractivity contribution in [3.8, 4) is 0 Å². The van der Waals surface area contributed by atoms with Gasteiger partial charge in [0.15, 0.2) is 5.65 Å². The lowest BCUT2D eigenvalue weighted by Crippen LogP contribution is -2.38. The Morgan fingerprint density at radius 3 is 2.58 bits per heavy atom. The molecule has 31 heavy (non-hydrogen) atoms. The molecule has 4 rings (SSSR count). The van der Waals surface area contributed by atoms with Gasteiger partial charge in [-0.2, -0.15) is 0 Å². The van der Waals surface area contributed by atoms with Crippen LogP contribution in [0.2, 0.25) is 0 Å². The van der Waals surface area contributed by atoms with E-state index >= 15 is 0 Å². The number of ether oxygens (including phenoxy) is 1. The summed E-state index contributed by atoms with van der Waals surface area (Å²) in [4.78, 5) is 47.1. The maximum Gasteiger partial charge on any atom is 0.332 e. The van der Waals surface area contributed by atoms with E-state index in [2.05, 4.69) is 10.3 Å². The van der Waals surface area contributed by atoms with Crippen LogP contribution in [0.25, 0.3) is 11.0 Å². The number of amides is 1. The summed E-state index contributed by atoms with van der Waals surface area (Å²) in [6, 6.07) is 0. The predicted octanol–water partition coefficient (Wildman–Crippen LogP) is 1.46. The minimum absolute atomic E-state index is 0.0774. The van der Waals surface area contributed by atoms with E-state index in [-0.39, 0.29) is 23.7 Å². The molecule has 1 aliphatic carbocycles. The molecule has 1 saturated carbocycles. The van der Waals surface area contributed by atoms with Crippen LogP contribution in [-0.2, 0) is 23.6 Å². The maximum atomic E-state index is 12.9. The number of nitrogens with zero attached hydrogens (tertiary/aromatic N) is 4. The molecule has 2 aliphatic rings. The van der Waals surface area contributed by atoms with Crippen LogP contribution in [0.4, 0.5) is 0 Å². The van der Waals surface area contributed by atoms with Gasteiger partial charge in [0.05, 0.1) is 11.9 Å². The number of carbonyl (C=O) groups is 1. The van der Waals surface area contributed by atoms with Crippen LogP contribution in [-0.4, -0.2) is 50.0 Å². The van der Waals surface area contributed by atoms with E-state index in [9.17, 15) is 14.4 Å². The zero-order valence-electron chi connectivity index (χ0n) is 18.1. The normalized spacial score (nSPS) is 19.7. The smallest absolute Gasteiger partial charge is 0.332 e. The third-order valence-corrected chi connectivity index (χ3v) is 7.12. The SMILES string of the molecule is Cn1c(=O)c2c(SCC(=O)NC[C@H]3CCCO3)nc(C3CCCCC3)nc2n(C)c1=O. The number of carbonyl (C=O) groups excluding carboxylic acids is 1. The summed E-state index contributed by atoms with van der Waals surface area (Å²) < 4.78 is 8.00. The molecule has 0 spiro atoms. The van der Waals surface area contributed by atoms with E-state index in [1.807, 2.05) is 0 Å². The van der Waals surface area contributed by atoms with Crippen LogP contribution in [0, 0.1) is 0 Å². The summed E-state index contributed by atoms with van der Waals surface area (Å²) in [5, 5.41) is 3.66. The zero-order valence-corrected chi connectivity index (χ0v) is 18.9. The highest BCUT2D eigenvalue weighted by molar-refractivity contribution is 8.00. The molecule has 1 atom stereocenters. The fraction of sp³-hybridized carbons (Fsp3) is 0.667. The van der Waals surface area contributed by atoms with Crippen molar-refractivity contribution < 1.29 is 9.53 Å². The minimum Gasteiger partial charge on any atom is -0.376 e. The van der Waals surface area contributed by atoms with Gasteiger partial charge in [-0.15, -0.1) is 0 Å².